The Balaban J connectivity index is 1.66. The molecule has 3 aromatic carbocycles. The molecule has 0 aliphatic carbocycles. The van der Waals surface area contributed by atoms with Crippen LogP contribution >= 0.6 is 0 Å². The van der Waals surface area contributed by atoms with Crippen LogP contribution in [0.2, 0.25) is 0 Å². The molecule has 0 spiro atoms. The van der Waals surface area contributed by atoms with E-state index in [9.17, 15) is 45.1 Å². The van der Waals surface area contributed by atoms with Crippen LogP contribution in [0.3, 0.4) is 0 Å². The van der Waals surface area contributed by atoms with Crippen molar-refractivity contribution < 1.29 is 77.2 Å². The molecule has 3 aromatic rings. The van der Waals surface area contributed by atoms with Crippen LogP contribution in [0.1, 0.15) is 212 Å². The molecule has 4 rings (SSSR count). The highest BCUT2D eigenvalue weighted by molar-refractivity contribution is 7.81. The van der Waals surface area contributed by atoms with Gasteiger partial charge in [0, 0.05) is 6.42 Å². The number of nitrogens with one attached hydrogen (secondary N) is 1. The summed E-state index contributed by atoms with van der Waals surface area (Å²) in [5.41, 5.74) is 0.125. The molecule has 3 N–H and O–H groups in total. The Morgan fingerprint density at radius 2 is 0.963 bits per heavy atom. The summed E-state index contributed by atoms with van der Waals surface area (Å²) in [6.07, 6.45) is 19.8. The fourth-order valence-electron chi connectivity index (χ4n) is 9.53. The zero-order valence-corrected chi connectivity index (χ0v) is 49.1. The first-order valence-corrected chi connectivity index (χ1v) is 32.1. The molecule has 18 nitrogen and oxygen atoms in total. The molecular formula is C61H89NO17S2. The summed E-state index contributed by atoms with van der Waals surface area (Å²) in [6.45, 7) is 2.60. The van der Waals surface area contributed by atoms with Crippen LogP contribution in [0.5, 0.6) is 0 Å². The number of carbonyl (C=O) groups excluding carboxylic acids is 4. The van der Waals surface area contributed by atoms with Crippen LogP contribution < -0.4 is 5.32 Å². The molecule has 81 heavy (non-hydrogen) atoms. The summed E-state index contributed by atoms with van der Waals surface area (Å²) < 4.78 is 109. The van der Waals surface area contributed by atoms with Crippen LogP contribution in [0.15, 0.2) is 103 Å². The third kappa shape index (κ3) is 29.2. The van der Waals surface area contributed by atoms with Gasteiger partial charge in [-0.15, -0.1) is 0 Å². The van der Waals surface area contributed by atoms with Crippen molar-refractivity contribution in [3.63, 3.8) is 0 Å². The minimum Gasteiger partial charge on any atom is -0.452 e. The molecule has 20 heteroatoms. The number of hydrogen-bond acceptors (Lipinski definition) is 15. The Hall–Kier alpha value is -5.06. The lowest BCUT2D eigenvalue weighted by Gasteiger charge is -2.44. The third-order valence-electron chi connectivity index (χ3n) is 14.0. The molecule has 1 aliphatic heterocycles. The second kappa shape index (κ2) is 39.4. The lowest BCUT2D eigenvalue weighted by atomic mass is 9.98. The second-order valence-electron chi connectivity index (χ2n) is 20.7. The van der Waals surface area contributed by atoms with E-state index in [0.29, 0.717) is 12.8 Å². The Morgan fingerprint density at radius 3 is 1.41 bits per heavy atom. The van der Waals surface area contributed by atoms with Crippen molar-refractivity contribution in [1.29, 1.82) is 0 Å². The van der Waals surface area contributed by atoms with Crippen LogP contribution in [0, 0.1) is 0 Å². The Kier molecular flexibility index (Phi) is 33.3. The standard InChI is InChI=1S/C61H89NO17S2/c1-3-5-7-9-11-13-15-17-19-21-23-25-36-44-52(75-58(64)48-38-30-27-31-39-48)51(62-54(63)45-37-26-24-22-20-18-16-14-12-10-8-6-4-2)46-73-61-57(78-60(66)50-42-34-29-35-43-50)56(77-59(65)49-40-32-28-33-41-49)55(79-81(70,71)72)53(76-61)47-74-80(67,68)69/h27-36,38-44,51-53,55-57,61H,3-26,37,45-47H2,1-2H3,(H,62,63)(H,67,68,69)(H,70,71,72)/b44-36+/t51-,52+,53+,55+,56-,57+,61+/m0/s1. The van der Waals surface area contributed by atoms with Crippen LogP contribution in [-0.2, 0) is 57.6 Å². The molecule has 452 valence electrons. The smallest absolute Gasteiger partial charge is 0.397 e. The summed E-state index contributed by atoms with van der Waals surface area (Å²) in [5, 5.41) is 2.98. The van der Waals surface area contributed by atoms with Crippen molar-refractivity contribution in [2.45, 2.75) is 224 Å². The van der Waals surface area contributed by atoms with E-state index in [4.69, 9.17) is 27.9 Å². The molecule has 1 fully saturated rings. The van der Waals surface area contributed by atoms with E-state index < -0.39 is 101 Å². The van der Waals surface area contributed by atoms with Gasteiger partial charge in [0.1, 0.15) is 18.3 Å². The van der Waals surface area contributed by atoms with E-state index in [1.54, 1.807) is 48.5 Å². The van der Waals surface area contributed by atoms with Gasteiger partial charge in [-0.2, -0.15) is 16.8 Å². The van der Waals surface area contributed by atoms with E-state index in [0.717, 1.165) is 51.4 Å². The number of ether oxygens (including phenoxy) is 5. The molecule has 7 atom stereocenters. The molecule has 1 aliphatic rings. The fourth-order valence-corrected chi connectivity index (χ4v) is 10.3. The van der Waals surface area contributed by atoms with E-state index in [1.807, 2.05) is 6.08 Å². The van der Waals surface area contributed by atoms with Crippen molar-refractivity contribution in [2.75, 3.05) is 13.2 Å². The molecule has 0 unspecified atom stereocenters. The normalized spacial score (nSPS) is 18.2. The van der Waals surface area contributed by atoms with E-state index >= 15 is 0 Å². The van der Waals surface area contributed by atoms with Gasteiger partial charge < -0.3 is 29.0 Å². The molecular weight excluding hydrogens is 1080 g/mol. The largest absolute Gasteiger partial charge is 0.452 e. The minimum absolute atomic E-state index is 0.0254. The van der Waals surface area contributed by atoms with Gasteiger partial charge in [0.25, 0.3) is 0 Å². The lowest BCUT2D eigenvalue weighted by molar-refractivity contribution is -0.296. The first kappa shape index (κ1) is 68.4. The van der Waals surface area contributed by atoms with E-state index in [1.165, 1.54) is 145 Å². The van der Waals surface area contributed by atoms with Crippen LogP contribution in [0.4, 0.5) is 0 Å². The first-order chi connectivity index (χ1) is 39.1. The Morgan fingerprint density at radius 1 is 0.543 bits per heavy atom. The van der Waals surface area contributed by atoms with Gasteiger partial charge in [-0.1, -0.05) is 216 Å². The molecule has 0 saturated carbocycles. The average molecular weight is 1170 g/mol. The topological polar surface area (TPSA) is 254 Å². The number of carbonyl (C=O) groups is 4. The predicted molar refractivity (Wildman–Crippen MR) is 308 cm³/mol. The van der Waals surface area contributed by atoms with Crippen molar-refractivity contribution in [1.82, 2.24) is 5.32 Å². The fraction of sp³-hybridized carbons (Fsp3) is 0.607. The second-order valence-corrected chi connectivity index (χ2v) is 22.8. The summed E-state index contributed by atoms with van der Waals surface area (Å²) in [6, 6.07) is 21.9. The van der Waals surface area contributed by atoms with Crippen LogP contribution in [-0.4, -0.2) is 106 Å². The molecule has 0 radical (unpaired) electrons. The quantitative estimate of drug-likeness (QED) is 0.0156. The maximum Gasteiger partial charge on any atom is 0.397 e. The summed E-state index contributed by atoms with van der Waals surface area (Å²) >= 11 is 0. The van der Waals surface area contributed by atoms with Crippen molar-refractivity contribution in [2.24, 2.45) is 0 Å². The predicted octanol–water partition coefficient (Wildman–Crippen LogP) is 12.6. The average Bonchev–Trinajstić information content (AvgIpc) is 3.49. The highest BCUT2D eigenvalue weighted by Gasteiger charge is 2.54. The number of amides is 1. The number of hydrogen-bond donors (Lipinski definition) is 3. The molecule has 1 amide bonds. The molecule has 1 saturated heterocycles. The third-order valence-corrected chi connectivity index (χ3v) is 14.9. The molecule has 0 aromatic heterocycles. The van der Waals surface area contributed by atoms with Gasteiger partial charge in [0.2, 0.25) is 5.91 Å². The number of rotatable bonds is 43. The monoisotopic (exact) mass is 1170 g/mol. The van der Waals surface area contributed by atoms with E-state index in [-0.39, 0.29) is 23.1 Å². The Labute approximate surface area is 481 Å². The number of unbranched alkanes of at least 4 members (excludes halogenated alkanes) is 23. The number of esters is 3. The number of allylic oxidation sites excluding steroid dienone is 1. The van der Waals surface area contributed by atoms with Gasteiger partial charge in [-0.3, -0.25) is 13.9 Å². The van der Waals surface area contributed by atoms with Gasteiger partial charge in [0.05, 0.1) is 35.9 Å². The van der Waals surface area contributed by atoms with E-state index in [2.05, 4.69) is 23.3 Å². The Bertz CT molecular complexity index is 2480. The van der Waals surface area contributed by atoms with Gasteiger partial charge in [0.15, 0.2) is 18.5 Å². The van der Waals surface area contributed by atoms with Gasteiger partial charge in [-0.25, -0.2) is 22.7 Å². The SMILES string of the molecule is CCCCCCCCCCCCC/C=C/[C@@H](OC(=O)c1ccccc1)[C@H](CO[C@@H]1O[C@H](COS(=O)(=O)O)[C@@H](OS(=O)(=O)O)[C@H](OC(=O)c2ccccc2)[C@H]1OC(=O)c1ccccc1)NC(=O)CCCCCCCCCCCCCCC. The van der Waals surface area contributed by atoms with Crippen molar-refractivity contribution in [3.8, 4) is 0 Å². The summed E-state index contributed by atoms with van der Waals surface area (Å²) in [4.78, 5) is 55.8. The zero-order chi connectivity index (χ0) is 58.6. The van der Waals surface area contributed by atoms with Gasteiger partial charge >= 0.3 is 38.7 Å². The van der Waals surface area contributed by atoms with Crippen LogP contribution in [0.25, 0.3) is 0 Å². The molecule has 0 bridgehead atoms. The summed E-state index contributed by atoms with van der Waals surface area (Å²) in [7, 11) is -10.8. The summed E-state index contributed by atoms with van der Waals surface area (Å²) in [5.74, 6) is -3.30. The first-order valence-electron chi connectivity index (χ1n) is 29.4. The minimum atomic E-state index is -5.52. The number of benzene rings is 3. The van der Waals surface area contributed by atoms with Gasteiger partial charge in [-0.05, 0) is 61.7 Å². The van der Waals surface area contributed by atoms with Crippen molar-refractivity contribution >= 4 is 44.6 Å². The molecule has 1 heterocycles. The van der Waals surface area contributed by atoms with Crippen molar-refractivity contribution in [3.05, 3.63) is 120 Å². The highest BCUT2D eigenvalue weighted by Crippen LogP contribution is 2.32. The highest BCUT2D eigenvalue weighted by atomic mass is 32.3. The maximum absolute atomic E-state index is 14.1. The lowest BCUT2D eigenvalue weighted by Crippen LogP contribution is -2.63. The zero-order valence-electron chi connectivity index (χ0n) is 47.5. The maximum atomic E-state index is 14.1.